The lowest BCUT2D eigenvalue weighted by Gasteiger charge is -2.06. The first kappa shape index (κ1) is 17.6. The highest BCUT2D eigenvalue weighted by Gasteiger charge is 2.19. The Labute approximate surface area is 150 Å². The minimum absolute atomic E-state index is 0.0140. The highest BCUT2D eigenvalue weighted by molar-refractivity contribution is 6.36. The van der Waals surface area contributed by atoms with Gasteiger partial charge in [0.25, 0.3) is 5.91 Å². The number of H-pyrrole nitrogens is 1. The van der Waals surface area contributed by atoms with Crippen LogP contribution in [0.3, 0.4) is 0 Å². The summed E-state index contributed by atoms with van der Waals surface area (Å²) in [4.78, 5) is 24.0. The Morgan fingerprint density at radius 1 is 1.24 bits per heavy atom. The van der Waals surface area contributed by atoms with Crippen LogP contribution in [-0.4, -0.2) is 21.9 Å². The smallest absolute Gasteiger partial charge is 0.288 e. The summed E-state index contributed by atoms with van der Waals surface area (Å²) >= 11 is 5.61. The Hall–Kier alpha value is -2.21. The zero-order valence-electron chi connectivity index (χ0n) is 13.7. The summed E-state index contributed by atoms with van der Waals surface area (Å²) in [6, 6.07) is 4.07. The Morgan fingerprint density at radius 3 is 2.84 bits per heavy atom. The molecule has 0 unspecified atom stereocenters. The molecule has 0 saturated carbocycles. The average molecular weight is 364 g/mol. The van der Waals surface area contributed by atoms with Crippen molar-refractivity contribution in [2.75, 3.05) is 0 Å². The number of Topliss-reactive ketones (excluding diaryl/α,β-unsaturated/α-hetero) is 1. The van der Waals surface area contributed by atoms with Crippen LogP contribution in [0.2, 0.25) is 5.02 Å². The molecule has 0 bridgehead atoms. The average Bonchev–Trinajstić information content (AvgIpc) is 2.82. The number of carbonyl (C=O) groups excluding carboxylic acids is 2. The number of rotatable bonds is 5. The van der Waals surface area contributed by atoms with Crippen molar-refractivity contribution in [2.24, 2.45) is 0 Å². The van der Waals surface area contributed by atoms with Gasteiger partial charge in [0.1, 0.15) is 5.82 Å². The SMILES string of the molecule is O=C(Cc1ccc(Cl)c(F)c1)C(=O)NCc1n[nH]c2c1CCCCC2. The third-order valence-electron chi connectivity index (χ3n) is 4.41. The quantitative estimate of drug-likeness (QED) is 0.633. The van der Waals surface area contributed by atoms with Gasteiger partial charge in [0.15, 0.2) is 0 Å². The van der Waals surface area contributed by atoms with Crippen LogP contribution in [0.15, 0.2) is 18.2 Å². The zero-order valence-corrected chi connectivity index (χ0v) is 14.5. The molecule has 2 N–H and O–H groups in total. The lowest BCUT2D eigenvalue weighted by atomic mass is 10.1. The number of benzene rings is 1. The molecule has 0 aliphatic heterocycles. The maximum absolute atomic E-state index is 13.4. The van der Waals surface area contributed by atoms with E-state index in [9.17, 15) is 14.0 Å². The van der Waals surface area contributed by atoms with E-state index in [-0.39, 0.29) is 18.0 Å². The normalized spacial score (nSPS) is 13.8. The molecule has 0 atom stereocenters. The molecule has 5 nitrogen and oxygen atoms in total. The summed E-state index contributed by atoms with van der Waals surface area (Å²) in [5.74, 6) is -1.92. The predicted octanol–water partition coefficient (Wildman–Crippen LogP) is 2.90. The number of ketones is 1. The second kappa shape index (κ2) is 7.78. The first-order chi connectivity index (χ1) is 12.0. The first-order valence-corrected chi connectivity index (χ1v) is 8.72. The van der Waals surface area contributed by atoms with Crippen LogP contribution in [0.25, 0.3) is 0 Å². The number of nitrogens with one attached hydrogen (secondary N) is 2. The van der Waals surface area contributed by atoms with Crippen molar-refractivity contribution in [3.8, 4) is 0 Å². The monoisotopic (exact) mass is 363 g/mol. The molecule has 1 aliphatic carbocycles. The molecule has 7 heteroatoms. The fourth-order valence-corrected chi connectivity index (χ4v) is 3.17. The Balaban J connectivity index is 1.58. The number of hydrogen-bond donors (Lipinski definition) is 2. The zero-order chi connectivity index (χ0) is 17.8. The molecule has 132 valence electrons. The summed E-state index contributed by atoms with van der Waals surface area (Å²) in [7, 11) is 0. The van der Waals surface area contributed by atoms with E-state index in [0.717, 1.165) is 42.6 Å². The van der Waals surface area contributed by atoms with Gasteiger partial charge in [0, 0.05) is 12.1 Å². The Bertz CT molecular complexity index is 804. The summed E-state index contributed by atoms with van der Waals surface area (Å²) < 4.78 is 13.4. The van der Waals surface area contributed by atoms with Crippen LogP contribution >= 0.6 is 11.6 Å². The first-order valence-electron chi connectivity index (χ1n) is 8.34. The summed E-state index contributed by atoms with van der Waals surface area (Å²) in [6.07, 6.45) is 5.17. The van der Waals surface area contributed by atoms with Crippen LogP contribution < -0.4 is 5.32 Å². The third-order valence-corrected chi connectivity index (χ3v) is 4.72. The maximum Gasteiger partial charge on any atom is 0.288 e. The van der Waals surface area contributed by atoms with Gasteiger partial charge < -0.3 is 5.32 Å². The molecule has 3 rings (SSSR count). The second-order valence-electron chi connectivity index (χ2n) is 6.22. The lowest BCUT2D eigenvalue weighted by molar-refractivity contribution is -0.137. The van der Waals surface area contributed by atoms with Gasteiger partial charge in [-0.3, -0.25) is 14.7 Å². The fourth-order valence-electron chi connectivity index (χ4n) is 3.05. The number of aromatic nitrogens is 2. The van der Waals surface area contributed by atoms with Crippen molar-refractivity contribution in [3.05, 3.63) is 51.6 Å². The largest absolute Gasteiger partial charge is 0.344 e. The topological polar surface area (TPSA) is 74.8 Å². The number of aryl methyl sites for hydroxylation is 1. The van der Waals surface area contributed by atoms with Gasteiger partial charge in [-0.25, -0.2) is 4.39 Å². The molecule has 0 fully saturated rings. The number of amides is 1. The van der Waals surface area contributed by atoms with Gasteiger partial charge in [-0.15, -0.1) is 0 Å². The van der Waals surface area contributed by atoms with Gasteiger partial charge in [-0.2, -0.15) is 5.10 Å². The predicted molar refractivity (Wildman–Crippen MR) is 91.8 cm³/mol. The number of halogens is 2. The molecule has 1 amide bonds. The van der Waals surface area contributed by atoms with Crippen LogP contribution in [0.1, 0.15) is 41.8 Å². The third kappa shape index (κ3) is 4.25. The molecule has 25 heavy (non-hydrogen) atoms. The number of aromatic amines is 1. The van der Waals surface area contributed by atoms with Crippen molar-refractivity contribution < 1.29 is 14.0 Å². The van der Waals surface area contributed by atoms with Crippen molar-refractivity contribution in [3.63, 3.8) is 0 Å². The van der Waals surface area contributed by atoms with E-state index >= 15 is 0 Å². The summed E-state index contributed by atoms with van der Waals surface area (Å²) in [5, 5.41) is 9.89. The van der Waals surface area contributed by atoms with E-state index in [2.05, 4.69) is 15.5 Å². The van der Waals surface area contributed by atoms with Gasteiger partial charge in [-0.1, -0.05) is 24.1 Å². The minimum atomic E-state index is -0.694. The summed E-state index contributed by atoms with van der Waals surface area (Å²) in [6.45, 7) is 0.214. The van der Waals surface area contributed by atoms with Crippen molar-refractivity contribution in [1.82, 2.24) is 15.5 Å². The van der Waals surface area contributed by atoms with E-state index in [4.69, 9.17) is 11.6 Å². The minimum Gasteiger partial charge on any atom is -0.344 e. The number of fused-ring (bicyclic) bond motifs is 1. The molecular formula is C18H19ClFN3O2. The Morgan fingerprint density at radius 2 is 2.04 bits per heavy atom. The standard InChI is InChI=1S/C18H19ClFN3O2/c19-13-7-6-11(8-14(13)20)9-17(24)18(25)21-10-16-12-4-2-1-3-5-15(12)22-23-16/h6-8H,1-5,9-10H2,(H,21,25)(H,22,23). The van der Waals surface area contributed by atoms with Gasteiger partial charge >= 0.3 is 0 Å². The van der Waals surface area contributed by atoms with Gasteiger partial charge in [-0.05, 0) is 48.9 Å². The van der Waals surface area contributed by atoms with Gasteiger partial charge in [0.05, 0.1) is 17.3 Å². The summed E-state index contributed by atoms with van der Waals surface area (Å²) in [5.41, 5.74) is 3.49. The number of carbonyl (C=O) groups is 2. The fraction of sp³-hybridized carbons (Fsp3) is 0.389. The van der Waals surface area contributed by atoms with E-state index in [0.29, 0.717) is 5.56 Å². The molecule has 0 spiro atoms. The van der Waals surface area contributed by atoms with Crippen LogP contribution in [0.4, 0.5) is 4.39 Å². The van der Waals surface area contributed by atoms with E-state index in [1.165, 1.54) is 24.6 Å². The van der Waals surface area contributed by atoms with E-state index in [1.807, 2.05) is 0 Å². The van der Waals surface area contributed by atoms with Crippen LogP contribution in [0, 0.1) is 5.82 Å². The molecular weight excluding hydrogens is 345 g/mol. The van der Waals surface area contributed by atoms with E-state index < -0.39 is 17.5 Å². The molecule has 2 aromatic rings. The highest BCUT2D eigenvalue weighted by Crippen LogP contribution is 2.21. The molecule has 1 aromatic carbocycles. The molecule has 0 saturated heterocycles. The van der Waals surface area contributed by atoms with Crippen molar-refractivity contribution >= 4 is 23.3 Å². The van der Waals surface area contributed by atoms with Crippen molar-refractivity contribution in [2.45, 2.75) is 45.1 Å². The number of hydrogen-bond acceptors (Lipinski definition) is 3. The maximum atomic E-state index is 13.4. The van der Waals surface area contributed by atoms with Crippen LogP contribution in [0.5, 0.6) is 0 Å². The molecule has 1 aliphatic rings. The number of nitrogens with zero attached hydrogens (tertiary/aromatic N) is 1. The molecule has 0 radical (unpaired) electrons. The Kier molecular flexibility index (Phi) is 5.48. The van der Waals surface area contributed by atoms with Gasteiger partial charge in [0.2, 0.25) is 5.78 Å². The van der Waals surface area contributed by atoms with Crippen LogP contribution in [-0.2, 0) is 35.4 Å². The lowest BCUT2D eigenvalue weighted by Crippen LogP contribution is -2.32. The second-order valence-corrected chi connectivity index (χ2v) is 6.63. The van der Waals surface area contributed by atoms with E-state index in [1.54, 1.807) is 0 Å². The molecule has 1 heterocycles. The highest BCUT2D eigenvalue weighted by atomic mass is 35.5. The van der Waals surface area contributed by atoms with Crippen molar-refractivity contribution in [1.29, 1.82) is 0 Å². The molecule has 1 aromatic heterocycles.